The Bertz CT molecular complexity index is 960. The molecule has 7 heteroatoms. The molecule has 1 aliphatic heterocycles. The number of carbonyl (C=O) groups excluding carboxylic acids is 3. The van der Waals surface area contributed by atoms with Gasteiger partial charge in [-0.25, -0.2) is 4.79 Å². The van der Waals surface area contributed by atoms with Crippen LogP contribution in [0.3, 0.4) is 0 Å². The van der Waals surface area contributed by atoms with Crippen LogP contribution in [0.2, 0.25) is 0 Å². The topological polar surface area (TPSA) is 79.0 Å². The van der Waals surface area contributed by atoms with Crippen molar-refractivity contribution in [1.29, 1.82) is 0 Å². The van der Waals surface area contributed by atoms with Gasteiger partial charge >= 0.3 is 6.09 Å². The molecule has 0 bridgehead atoms. The molecular weight excluding hydrogens is 430 g/mol. The number of piperazine rings is 1. The van der Waals surface area contributed by atoms with E-state index in [1.54, 1.807) is 4.90 Å². The molecule has 0 spiro atoms. The van der Waals surface area contributed by atoms with Gasteiger partial charge in [0.2, 0.25) is 11.8 Å². The van der Waals surface area contributed by atoms with Gasteiger partial charge in [-0.15, -0.1) is 0 Å². The molecule has 2 aromatic rings. The van der Waals surface area contributed by atoms with E-state index in [9.17, 15) is 14.4 Å². The predicted molar refractivity (Wildman–Crippen MR) is 133 cm³/mol. The summed E-state index contributed by atoms with van der Waals surface area (Å²) in [4.78, 5) is 40.4. The highest BCUT2D eigenvalue weighted by Gasteiger charge is 2.27. The number of nitrogens with one attached hydrogen (secondary N) is 1. The van der Waals surface area contributed by atoms with E-state index < -0.39 is 5.60 Å². The van der Waals surface area contributed by atoms with Crippen LogP contribution >= 0.6 is 0 Å². The number of nitrogens with zero attached hydrogens (tertiary/aromatic N) is 2. The van der Waals surface area contributed by atoms with Gasteiger partial charge in [0.05, 0.1) is 0 Å². The van der Waals surface area contributed by atoms with Gasteiger partial charge < -0.3 is 19.9 Å². The summed E-state index contributed by atoms with van der Waals surface area (Å²) < 4.78 is 5.40. The van der Waals surface area contributed by atoms with Crippen molar-refractivity contribution < 1.29 is 19.1 Å². The minimum atomic E-state index is -0.523. The van der Waals surface area contributed by atoms with E-state index >= 15 is 0 Å². The molecule has 1 fully saturated rings. The molecule has 0 unspecified atom stereocenters. The Morgan fingerprint density at radius 1 is 0.794 bits per heavy atom. The maximum absolute atomic E-state index is 12.6. The number of carbonyl (C=O) groups is 3. The normalized spacial score (nSPS) is 14.0. The second-order valence-electron chi connectivity index (χ2n) is 9.58. The summed E-state index contributed by atoms with van der Waals surface area (Å²) in [6.45, 7) is 7.54. The van der Waals surface area contributed by atoms with Crippen LogP contribution in [-0.4, -0.2) is 59.5 Å². The lowest BCUT2D eigenvalue weighted by Gasteiger charge is -2.35. The number of amides is 3. The minimum Gasteiger partial charge on any atom is -0.444 e. The van der Waals surface area contributed by atoms with E-state index in [4.69, 9.17) is 4.74 Å². The van der Waals surface area contributed by atoms with E-state index in [1.807, 2.05) is 80.3 Å². The van der Waals surface area contributed by atoms with Gasteiger partial charge in [-0.05, 0) is 56.9 Å². The van der Waals surface area contributed by atoms with Gasteiger partial charge in [0.25, 0.3) is 0 Å². The van der Waals surface area contributed by atoms with Crippen molar-refractivity contribution in [2.75, 3.05) is 31.5 Å². The Balaban J connectivity index is 1.37. The van der Waals surface area contributed by atoms with Gasteiger partial charge in [-0.1, -0.05) is 42.5 Å². The molecule has 7 nitrogen and oxygen atoms in total. The molecular formula is C27H35N3O4. The Morgan fingerprint density at radius 2 is 1.35 bits per heavy atom. The Hall–Kier alpha value is -3.35. The third-order valence-corrected chi connectivity index (χ3v) is 5.63. The summed E-state index contributed by atoms with van der Waals surface area (Å²) >= 11 is 0. The van der Waals surface area contributed by atoms with Gasteiger partial charge in [0.1, 0.15) is 5.60 Å². The number of aryl methyl sites for hydroxylation is 2. The van der Waals surface area contributed by atoms with E-state index in [1.165, 1.54) is 0 Å². The Labute approximate surface area is 202 Å². The smallest absolute Gasteiger partial charge is 0.410 e. The number of hydrogen-bond donors (Lipinski definition) is 1. The SMILES string of the molecule is CC(C)(C)OC(=O)N1CCN(C(=O)CCc2ccc(NC(=O)CCc3ccccc3)cc2)CC1. The van der Waals surface area contributed by atoms with Crippen molar-refractivity contribution in [3.63, 3.8) is 0 Å². The van der Waals surface area contributed by atoms with Crippen LogP contribution in [0.5, 0.6) is 0 Å². The minimum absolute atomic E-state index is 0.0164. The van der Waals surface area contributed by atoms with Crippen molar-refractivity contribution >= 4 is 23.6 Å². The standard InChI is InChI=1S/C27H35N3O4/c1-27(2,3)34-26(33)30-19-17-29(18-20-30)25(32)16-12-22-9-13-23(14-10-22)28-24(31)15-11-21-7-5-4-6-8-21/h4-10,13-14H,11-12,15-20H2,1-3H3,(H,28,31). The molecule has 0 atom stereocenters. The molecule has 1 aliphatic rings. The number of hydrogen-bond acceptors (Lipinski definition) is 4. The fourth-order valence-electron chi connectivity index (χ4n) is 3.76. The van der Waals surface area contributed by atoms with Gasteiger partial charge in [0.15, 0.2) is 0 Å². The van der Waals surface area contributed by atoms with E-state index in [0.717, 1.165) is 16.8 Å². The average molecular weight is 466 g/mol. The lowest BCUT2D eigenvalue weighted by molar-refractivity contribution is -0.132. The lowest BCUT2D eigenvalue weighted by atomic mass is 10.1. The molecule has 0 radical (unpaired) electrons. The molecule has 0 aliphatic carbocycles. The largest absolute Gasteiger partial charge is 0.444 e. The third kappa shape index (κ3) is 8.21. The first-order valence-electron chi connectivity index (χ1n) is 11.9. The lowest BCUT2D eigenvalue weighted by Crippen LogP contribution is -2.51. The first kappa shape index (κ1) is 25.3. The van der Waals surface area contributed by atoms with Crippen molar-refractivity contribution in [3.8, 4) is 0 Å². The summed E-state index contributed by atoms with van der Waals surface area (Å²) in [6.07, 6.45) is 1.86. The molecule has 1 heterocycles. The number of rotatable bonds is 7. The van der Waals surface area contributed by atoms with Crippen LogP contribution in [0, 0.1) is 0 Å². The summed E-state index contributed by atoms with van der Waals surface area (Å²) in [5.41, 5.74) is 2.42. The van der Waals surface area contributed by atoms with Crippen molar-refractivity contribution in [2.45, 2.75) is 52.1 Å². The average Bonchev–Trinajstić information content (AvgIpc) is 2.82. The maximum atomic E-state index is 12.6. The molecule has 2 aromatic carbocycles. The molecule has 0 aromatic heterocycles. The monoisotopic (exact) mass is 465 g/mol. The molecule has 3 amide bonds. The molecule has 3 rings (SSSR count). The number of ether oxygens (including phenoxy) is 1. The number of anilines is 1. The first-order chi connectivity index (χ1) is 16.2. The second kappa shape index (κ2) is 11.7. The van der Waals surface area contributed by atoms with Crippen LogP contribution in [0.4, 0.5) is 10.5 Å². The highest BCUT2D eigenvalue weighted by Crippen LogP contribution is 2.15. The van der Waals surface area contributed by atoms with Crippen molar-refractivity contribution in [3.05, 3.63) is 65.7 Å². The van der Waals surface area contributed by atoms with Crippen LogP contribution in [0.15, 0.2) is 54.6 Å². The van der Waals surface area contributed by atoms with E-state index in [2.05, 4.69) is 5.32 Å². The van der Waals surface area contributed by atoms with E-state index in [0.29, 0.717) is 51.9 Å². The fourth-order valence-corrected chi connectivity index (χ4v) is 3.76. The fraction of sp³-hybridized carbons (Fsp3) is 0.444. The molecule has 1 saturated heterocycles. The zero-order chi connectivity index (χ0) is 24.6. The molecule has 182 valence electrons. The van der Waals surface area contributed by atoms with Crippen LogP contribution in [0.1, 0.15) is 44.7 Å². The quantitative estimate of drug-likeness (QED) is 0.662. The summed E-state index contributed by atoms with van der Waals surface area (Å²) in [5.74, 6) is 0.0689. The van der Waals surface area contributed by atoms with Gasteiger partial charge in [-0.2, -0.15) is 0 Å². The maximum Gasteiger partial charge on any atom is 0.410 e. The molecule has 1 N–H and O–H groups in total. The Kier molecular flexibility index (Phi) is 8.68. The van der Waals surface area contributed by atoms with Gasteiger partial charge in [0, 0.05) is 44.7 Å². The summed E-state index contributed by atoms with van der Waals surface area (Å²) in [5, 5.41) is 2.93. The van der Waals surface area contributed by atoms with Crippen molar-refractivity contribution in [2.24, 2.45) is 0 Å². The highest BCUT2D eigenvalue weighted by molar-refractivity contribution is 5.90. The van der Waals surface area contributed by atoms with Crippen LogP contribution in [-0.2, 0) is 27.2 Å². The van der Waals surface area contributed by atoms with Crippen LogP contribution in [0.25, 0.3) is 0 Å². The zero-order valence-corrected chi connectivity index (χ0v) is 20.4. The third-order valence-electron chi connectivity index (χ3n) is 5.63. The Morgan fingerprint density at radius 3 is 1.97 bits per heavy atom. The van der Waals surface area contributed by atoms with E-state index in [-0.39, 0.29) is 17.9 Å². The molecule has 0 saturated carbocycles. The summed E-state index contributed by atoms with van der Waals surface area (Å²) in [7, 11) is 0. The number of benzene rings is 2. The van der Waals surface area contributed by atoms with Gasteiger partial charge in [-0.3, -0.25) is 9.59 Å². The summed E-state index contributed by atoms with van der Waals surface area (Å²) in [6, 6.07) is 17.6. The van der Waals surface area contributed by atoms with Crippen molar-refractivity contribution in [1.82, 2.24) is 9.80 Å². The zero-order valence-electron chi connectivity index (χ0n) is 20.4. The first-order valence-corrected chi connectivity index (χ1v) is 11.9. The second-order valence-corrected chi connectivity index (χ2v) is 9.58. The molecule has 34 heavy (non-hydrogen) atoms. The van der Waals surface area contributed by atoms with Crippen LogP contribution < -0.4 is 5.32 Å². The highest BCUT2D eigenvalue weighted by atomic mass is 16.6. The predicted octanol–water partition coefficient (Wildman–Crippen LogP) is 4.27.